The molecule has 0 amide bonds. The van der Waals surface area contributed by atoms with E-state index in [-0.39, 0.29) is 0 Å². The van der Waals surface area contributed by atoms with Gasteiger partial charge in [0.15, 0.2) is 0 Å². The van der Waals surface area contributed by atoms with Gasteiger partial charge in [-0.25, -0.2) is 0 Å². The summed E-state index contributed by atoms with van der Waals surface area (Å²) in [6.45, 7) is 0.916. The van der Waals surface area contributed by atoms with E-state index in [1.807, 2.05) is 18.2 Å². The maximum absolute atomic E-state index is 5.84. The van der Waals surface area contributed by atoms with Gasteiger partial charge in [0.2, 0.25) is 0 Å². The molecular formula is C14H22N2O. The summed E-state index contributed by atoms with van der Waals surface area (Å²) in [6, 6.07) is 6.58. The van der Waals surface area contributed by atoms with E-state index in [0.29, 0.717) is 0 Å². The largest absolute Gasteiger partial charge is 0.496 e. The standard InChI is InChI=1S/C14H22N2O/c1-16(13-5-3-4-6-13)10-11-9-12(15)7-8-14(11)17-2/h7-9,13H,3-6,10,15H2,1-2H3. The first-order valence-electron chi connectivity index (χ1n) is 6.33. The normalized spacial score (nSPS) is 16.6. The molecule has 1 aromatic rings. The van der Waals surface area contributed by atoms with Crippen molar-refractivity contribution in [1.82, 2.24) is 4.90 Å². The van der Waals surface area contributed by atoms with Gasteiger partial charge in [-0.15, -0.1) is 0 Å². The number of methoxy groups -OCH3 is 1. The topological polar surface area (TPSA) is 38.5 Å². The van der Waals surface area contributed by atoms with Gasteiger partial charge in [-0.3, -0.25) is 4.90 Å². The zero-order valence-corrected chi connectivity index (χ0v) is 10.8. The summed E-state index contributed by atoms with van der Waals surface area (Å²) in [5.41, 5.74) is 7.83. The zero-order valence-electron chi connectivity index (χ0n) is 10.8. The van der Waals surface area contributed by atoms with Crippen molar-refractivity contribution < 1.29 is 4.74 Å². The number of hydrogen-bond acceptors (Lipinski definition) is 3. The van der Waals surface area contributed by atoms with Crippen LogP contribution in [0.15, 0.2) is 18.2 Å². The molecule has 0 atom stereocenters. The van der Waals surface area contributed by atoms with Crippen LogP contribution >= 0.6 is 0 Å². The van der Waals surface area contributed by atoms with Gasteiger partial charge in [0, 0.05) is 23.8 Å². The van der Waals surface area contributed by atoms with E-state index < -0.39 is 0 Å². The van der Waals surface area contributed by atoms with E-state index in [4.69, 9.17) is 10.5 Å². The van der Waals surface area contributed by atoms with E-state index in [0.717, 1.165) is 24.0 Å². The Labute approximate surface area is 104 Å². The van der Waals surface area contributed by atoms with Crippen LogP contribution in [0.4, 0.5) is 5.69 Å². The first kappa shape index (κ1) is 12.2. The van der Waals surface area contributed by atoms with Crippen LogP contribution in [-0.2, 0) is 6.54 Å². The number of benzene rings is 1. The molecule has 0 spiro atoms. The maximum atomic E-state index is 5.84. The third kappa shape index (κ3) is 2.91. The lowest BCUT2D eigenvalue weighted by Gasteiger charge is -2.25. The minimum absolute atomic E-state index is 0.723. The van der Waals surface area contributed by atoms with Crippen LogP contribution in [0.2, 0.25) is 0 Å². The Hall–Kier alpha value is -1.22. The van der Waals surface area contributed by atoms with Crippen molar-refractivity contribution in [2.45, 2.75) is 38.3 Å². The molecular weight excluding hydrogens is 212 g/mol. The fourth-order valence-electron chi connectivity index (χ4n) is 2.66. The predicted octanol–water partition coefficient (Wildman–Crippen LogP) is 2.65. The molecule has 3 nitrogen and oxygen atoms in total. The summed E-state index contributed by atoms with van der Waals surface area (Å²) in [4.78, 5) is 2.42. The highest BCUT2D eigenvalue weighted by molar-refractivity contribution is 5.47. The van der Waals surface area contributed by atoms with E-state index in [9.17, 15) is 0 Å². The smallest absolute Gasteiger partial charge is 0.123 e. The molecule has 0 radical (unpaired) electrons. The average molecular weight is 234 g/mol. The lowest BCUT2D eigenvalue weighted by atomic mass is 10.1. The van der Waals surface area contributed by atoms with Crippen LogP contribution in [0.5, 0.6) is 5.75 Å². The number of hydrogen-bond donors (Lipinski definition) is 1. The third-order valence-corrected chi connectivity index (χ3v) is 3.67. The van der Waals surface area contributed by atoms with Gasteiger partial charge in [-0.1, -0.05) is 12.8 Å². The van der Waals surface area contributed by atoms with Crippen LogP contribution in [0.1, 0.15) is 31.2 Å². The summed E-state index contributed by atoms with van der Waals surface area (Å²) in [5, 5.41) is 0. The number of anilines is 1. The van der Waals surface area contributed by atoms with E-state index in [2.05, 4.69) is 11.9 Å². The Morgan fingerprint density at radius 1 is 1.35 bits per heavy atom. The lowest BCUT2D eigenvalue weighted by Crippen LogP contribution is -2.28. The van der Waals surface area contributed by atoms with Gasteiger partial charge < -0.3 is 10.5 Å². The van der Waals surface area contributed by atoms with E-state index >= 15 is 0 Å². The van der Waals surface area contributed by atoms with Crippen molar-refractivity contribution in [3.05, 3.63) is 23.8 Å². The number of nitrogens with zero attached hydrogens (tertiary/aromatic N) is 1. The van der Waals surface area contributed by atoms with E-state index in [1.54, 1.807) is 7.11 Å². The van der Waals surface area contributed by atoms with Crippen molar-refractivity contribution in [3.63, 3.8) is 0 Å². The number of nitrogen functional groups attached to an aromatic ring is 1. The first-order chi connectivity index (χ1) is 8.20. The average Bonchev–Trinajstić information content (AvgIpc) is 2.83. The second-order valence-corrected chi connectivity index (χ2v) is 4.92. The van der Waals surface area contributed by atoms with Crippen molar-refractivity contribution in [3.8, 4) is 5.75 Å². The highest BCUT2D eigenvalue weighted by Crippen LogP contribution is 2.27. The fourth-order valence-corrected chi connectivity index (χ4v) is 2.66. The van der Waals surface area contributed by atoms with Gasteiger partial charge in [-0.2, -0.15) is 0 Å². The molecule has 2 N–H and O–H groups in total. The van der Waals surface area contributed by atoms with Crippen LogP contribution in [0.3, 0.4) is 0 Å². The Bertz CT molecular complexity index is 372. The summed E-state index contributed by atoms with van der Waals surface area (Å²) < 4.78 is 5.38. The van der Waals surface area contributed by atoms with Crippen molar-refractivity contribution in [1.29, 1.82) is 0 Å². The van der Waals surface area contributed by atoms with Crippen molar-refractivity contribution in [2.24, 2.45) is 0 Å². The van der Waals surface area contributed by atoms with Gasteiger partial charge in [0.05, 0.1) is 7.11 Å². The Kier molecular flexibility index (Phi) is 3.89. The summed E-state index contributed by atoms with van der Waals surface area (Å²) >= 11 is 0. The van der Waals surface area contributed by atoms with Crippen LogP contribution in [0, 0.1) is 0 Å². The molecule has 0 heterocycles. The third-order valence-electron chi connectivity index (χ3n) is 3.67. The number of ether oxygens (including phenoxy) is 1. The first-order valence-corrected chi connectivity index (χ1v) is 6.33. The lowest BCUT2D eigenvalue weighted by molar-refractivity contribution is 0.234. The molecule has 1 aliphatic rings. The highest BCUT2D eigenvalue weighted by Gasteiger charge is 2.20. The molecule has 1 aromatic carbocycles. The monoisotopic (exact) mass is 234 g/mol. The molecule has 17 heavy (non-hydrogen) atoms. The SMILES string of the molecule is COc1ccc(N)cc1CN(C)C1CCCC1. The van der Waals surface area contributed by atoms with Crippen LogP contribution < -0.4 is 10.5 Å². The molecule has 0 bridgehead atoms. The predicted molar refractivity (Wildman–Crippen MR) is 71.1 cm³/mol. The molecule has 94 valence electrons. The fraction of sp³-hybridized carbons (Fsp3) is 0.571. The Morgan fingerprint density at radius 3 is 2.71 bits per heavy atom. The summed E-state index contributed by atoms with van der Waals surface area (Å²) in [5.74, 6) is 0.934. The minimum atomic E-state index is 0.723. The second-order valence-electron chi connectivity index (χ2n) is 4.92. The van der Waals surface area contributed by atoms with E-state index in [1.165, 1.54) is 31.2 Å². The molecule has 2 rings (SSSR count). The van der Waals surface area contributed by atoms with Gasteiger partial charge >= 0.3 is 0 Å². The molecule has 1 saturated carbocycles. The molecule has 0 unspecified atom stereocenters. The summed E-state index contributed by atoms with van der Waals surface area (Å²) in [7, 11) is 3.91. The Balaban J connectivity index is 2.08. The minimum Gasteiger partial charge on any atom is -0.496 e. The quantitative estimate of drug-likeness (QED) is 0.814. The highest BCUT2D eigenvalue weighted by atomic mass is 16.5. The zero-order chi connectivity index (χ0) is 12.3. The molecule has 1 aliphatic carbocycles. The van der Waals surface area contributed by atoms with Gasteiger partial charge in [0.25, 0.3) is 0 Å². The number of rotatable bonds is 4. The molecule has 3 heteroatoms. The number of nitrogens with two attached hydrogens (primary N) is 1. The van der Waals surface area contributed by atoms with Crippen molar-refractivity contribution >= 4 is 5.69 Å². The second kappa shape index (κ2) is 5.41. The molecule has 1 fully saturated rings. The maximum Gasteiger partial charge on any atom is 0.123 e. The Morgan fingerprint density at radius 2 is 2.06 bits per heavy atom. The van der Waals surface area contributed by atoms with Gasteiger partial charge in [0.1, 0.15) is 5.75 Å². The van der Waals surface area contributed by atoms with Crippen LogP contribution in [0.25, 0.3) is 0 Å². The summed E-state index contributed by atoms with van der Waals surface area (Å²) in [6.07, 6.45) is 5.37. The molecule has 0 aromatic heterocycles. The van der Waals surface area contributed by atoms with Gasteiger partial charge in [-0.05, 0) is 38.1 Å². The van der Waals surface area contributed by atoms with Crippen LogP contribution in [-0.4, -0.2) is 25.1 Å². The van der Waals surface area contributed by atoms with Crippen molar-refractivity contribution in [2.75, 3.05) is 19.9 Å². The molecule has 0 aliphatic heterocycles. The molecule has 0 saturated heterocycles.